The van der Waals surface area contributed by atoms with Crippen LogP contribution >= 0.6 is 7.82 Å². The van der Waals surface area contributed by atoms with Gasteiger partial charge in [-0.2, -0.15) is 0 Å². The summed E-state index contributed by atoms with van der Waals surface area (Å²) < 4.78 is 29.4. The maximum atomic E-state index is 11.6. The molecular formula is C6H9O10P. The first-order valence-electron chi connectivity index (χ1n) is 4.56. The van der Waals surface area contributed by atoms with Crippen molar-refractivity contribution in [1.82, 2.24) is 0 Å². The molecular weight excluding hydrogens is 263 g/mol. The number of phosphoric ester groups is 1. The Morgan fingerprint density at radius 2 is 1.82 bits per heavy atom. The lowest BCUT2D eigenvalue weighted by Gasteiger charge is -2.50. The van der Waals surface area contributed by atoms with Crippen molar-refractivity contribution in [3.05, 3.63) is 0 Å². The molecule has 1 unspecified atom stereocenters. The molecule has 3 heterocycles. The smallest absolute Gasteiger partial charge is 0.394 e. The molecule has 0 spiro atoms. The van der Waals surface area contributed by atoms with Gasteiger partial charge in [0.05, 0.1) is 6.61 Å². The first kappa shape index (κ1) is 11.9. The van der Waals surface area contributed by atoms with Crippen LogP contribution in [0.15, 0.2) is 0 Å². The zero-order valence-corrected chi connectivity index (χ0v) is 8.98. The standard InChI is InChI=1S/C6H9O10P/c7-1-2-3(8)4(9)5(10)6(11,13-2)16-17(12,14-4)15-5/h2-3,7-11H,1H2/t2-,3+,4+,5-,6+,17?/m1/s1. The Kier molecular flexibility index (Phi) is 2.03. The average molecular weight is 272 g/mol. The summed E-state index contributed by atoms with van der Waals surface area (Å²) in [7, 11) is -4.44. The highest BCUT2D eigenvalue weighted by atomic mass is 31.2. The van der Waals surface area contributed by atoms with Gasteiger partial charge in [-0.25, -0.2) is 18.1 Å². The number of phosphoric acid groups is 1. The minimum absolute atomic E-state index is 0.821. The third-order valence-electron chi connectivity index (χ3n) is 2.89. The Labute approximate surface area is 93.5 Å². The van der Waals surface area contributed by atoms with Gasteiger partial charge in [-0.3, -0.25) is 0 Å². The molecule has 17 heavy (non-hydrogen) atoms. The topological polar surface area (TPSA) is 155 Å². The monoisotopic (exact) mass is 272 g/mol. The lowest BCUT2D eigenvalue weighted by Crippen LogP contribution is -2.78. The van der Waals surface area contributed by atoms with Crippen molar-refractivity contribution in [1.29, 1.82) is 0 Å². The molecule has 0 aromatic carbocycles. The van der Waals surface area contributed by atoms with Crippen LogP contribution in [0.2, 0.25) is 0 Å². The van der Waals surface area contributed by atoms with Crippen molar-refractivity contribution in [3.8, 4) is 0 Å². The van der Waals surface area contributed by atoms with Gasteiger partial charge < -0.3 is 30.3 Å². The third kappa shape index (κ3) is 1.09. The highest BCUT2D eigenvalue weighted by Gasteiger charge is 2.89. The first-order valence-corrected chi connectivity index (χ1v) is 6.02. The summed E-state index contributed by atoms with van der Waals surface area (Å²) in [6.07, 6.45) is -3.53. The van der Waals surface area contributed by atoms with Crippen LogP contribution in [0, 0.1) is 0 Å². The zero-order chi connectivity index (χ0) is 12.7. The van der Waals surface area contributed by atoms with E-state index in [4.69, 9.17) is 5.11 Å². The van der Waals surface area contributed by atoms with Crippen molar-refractivity contribution in [2.24, 2.45) is 0 Å². The quantitative estimate of drug-likeness (QED) is 0.311. The molecule has 0 aromatic rings. The Morgan fingerprint density at radius 1 is 1.18 bits per heavy atom. The largest absolute Gasteiger partial charge is 0.485 e. The molecule has 0 amide bonds. The second-order valence-corrected chi connectivity index (χ2v) is 5.37. The van der Waals surface area contributed by atoms with Gasteiger partial charge >= 0.3 is 19.6 Å². The summed E-state index contributed by atoms with van der Waals surface area (Å²) in [6.45, 7) is -0.821. The molecule has 0 aliphatic carbocycles. The molecule has 0 aromatic heterocycles. The lowest BCUT2D eigenvalue weighted by atomic mass is 9.90. The van der Waals surface area contributed by atoms with Crippen LogP contribution in [0.4, 0.5) is 0 Å². The minimum Gasteiger partial charge on any atom is -0.394 e. The van der Waals surface area contributed by atoms with E-state index in [1.807, 2.05) is 0 Å². The van der Waals surface area contributed by atoms with Gasteiger partial charge in [-0.1, -0.05) is 0 Å². The van der Waals surface area contributed by atoms with Crippen molar-refractivity contribution in [2.75, 3.05) is 6.61 Å². The Balaban J connectivity index is 2.15. The molecule has 3 aliphatic rings. The van der Waals surface area contributed by atoms with Crippen LogP contribution in [-0.4, -0.2) is 61.9 Å². The van der Waals surface area contributed by atoms with Gasteiger partial charge in [0.1, 0.15) is 12.2 Å². The van der Waals surface area contributed by atoms with Gasteiger partial charge in [0, 0.05) is 0 Å². The van der Waals surface area contributed by atoms with Crippen molar-refractivity contribution >= 4 is 7.82 Å². The minimum atomic E-state index is -4.44. The van der Waals surface area contributed by atoms with E-state index >= 15 is 0 Å². The summed E-state index contributed by atoms with van der Waals surface area (Å²) in [5.74, 6) is -9.00. The summed E-state index contributed by atoms with van der Waals surface area (Å²) in [5, 5.41) is 48.1. The molecule has 3 saturated heterocycles. The Bertz CT molecular complexity index is 427. The highest BCUT2D eigenvalue weighted by molar-refractivity contribution is 7.49. The predicted molar refractivity (Wildman–Crippen MR) is 43.7 cm³/mol. The maximum absolute atomic E-state index is 11.6. The molecule has 11 heteroatoms. The lowest BCUT2D eigenvalue weighted by molar-refractivity contribution is -0.526. The number of ether oxygens (including phenoxy) is 1. The Hall–Kier alpha value is -0.130. The number of rotatable bonds is 1. The van der Waals surface area contributed by atoms with Crippen LogP contribution in [-0.2, 0) is 22.9 Å². The molecule has 10 nitrogen and oxygen atoms in total. The van der Waals surface area contributed by atoms with Crippen LogP contribution in [0.5, 0.6) is 0 Å². The highest BCUT2D eigenvalue weighted by Crippen LogP contribution is 2.76. The van der Waals surface area contributed by atoms with Crippen LogP contribution in [0.3, 0.4) is 0 Å². The van der Waals surface area contributed by atoms with Crippen LogP contribution in [0.25, 0.3) is 0 Å². The van der Waals surface area contributed by atoms with Crippen molar-refractivity contribution < 1.29 is 48.4 Å². The number of hydrogen-bond acceptors (Lipinski definition) is 10. The SMILES string of the molecule is O=P12O[C@@]3(O)O[C@H](CO)[C@H](O)[C@](O)(O1)[C@@]3(O)O2. The fraction of sp³-hybridized carbons (Fsp3) is 1.00. The van der Waals surface area contributed by atoms with Gasteiger partial charge in [0.2, 0.25) is 0 Å². The molecule has 0 radical (unpaired) electrons. The van der Waals surface area contributed by atoms with E-state index in [-0.39, 0.29) is 0 Å². The van der Waals surface area contributed by atoms with Crippen LogP contribution < -0.4 is 0 Å². The molecule has 2 bridgehead atoms. The van der Waals surface area contributed by atoms with Gasteiger partial charge in [0.25, 0.3) is 5.79 Å². The number of aliphatic hydroxyl groups is 5. The first-order chi connectivity index (χ1) is 7.70. The van der Waals surface area contributed by atoms with E-state index in [1.54, 1.807) is 0 Å². The fourth-order valence-corrected chi connectivity index (χ4v) is 3.75. The molecule has 3 rings (SSSR count). The van der Waals surface area contributed by atoms with E-state index in [1.165, 1.54) is 0 Å². The van der Waals surface area contributed by atoms with E-state index < -0.39 is 44.2 Å². The molecule has 3 aliphatic heterocycles. The number of hydrogen-bond donors (Lipinski definition) is 5. The van der Waals surface area contributed by atoms with Crippen molar-refractivity contribution in [2.45, 2.75) is 29.8 Å². The number of fused-ring (bicyclic) bond motifs is 1. The van der Waals surface area contributed by atoms with Crippen molar-refractivity contribution in [3.63, 3.8) is 0 Å². The summed E-state index contributed by atoms with van der Waals surface area (Å²) in [6, 6.07) is 0. The second kappa shape index (κ2) is 2.89. The van der Waals surface area contributed by atoms with E-state index in [0.29, 0.717) is 0 Å². The van der Waals surface area contributed by atoms with Gasteiger partial charge in [0.15, 0.2) is 0 Å². The van der Waals surface area contributed by atoms with E-state index in [2.05, 4.69) is 18.3 Å². The van der Waals surface area contributed by atoms with E-state index in [9.17, 15) is 25.0 Å². The molecule has 3 fully saturated rings. The molecule has 6 atom stereocenters. The fourth-order valence-electron chi connectivity index (χ4n) is 2.03. The van der Waals surface area contributed by atoms with Gasteiger partial charge in [-0.15, -0.1) is 0 Å². The van der Waals surface area contributed by atoms with Gasteiger partial charge in [-0.05, 0) is 0 Å². The normalized spacial score (nSPS) is 65.2. The number of aliphatic hydroxyl groups excluding tert-OH is 2. The maximum Gasteiger partial charge on any atom is 0.485 e. The summed E-state index contributed by atoms with van der Waals surface area (Å²) >= 11 is 0. The molecule has 5 N–H and O–H groups in total. The molecule has 98 valence electrons. The van der Waals surface area contributed by atoms with Crippen LogP contribution in [0.1, 0.15) is 0 Å². The summed E-state index contributed by atoms with van der Waals surface area (Å²) in [5.41, 5.74) is 0. The average Bonchev–Trinajstić information content (AvgIpc) is 2.54. The predicted octanol–water partition coefficient (Wildman–Crippen LogP) is -3.05. The van der Waals surface area contributed by atoms with E-state index in [0.717, 1.165) is 0 Å². The Morgan fingerprint density at radius 3 is 2.35 bits per heavy atom. The zero-order valence-electron chi connectivity index (χ0n) is 8.09. The second-order valence-electron chi connectivity index (χ2n) is 3.93. The summed E-state index contributed by atoms with van der Waals surface area (Å²) in [4.78, 5) is 0. The molecule has 0 saturated carbocycles. The third-order valence-corrected chi connectivity index (χ3v) is 4.35.